The van der Waals surface area contributed by atoms with Gasteiger partial charge in [-0.2, -0.15) is 0 Å². The Morgan fingerprint density at radius 2 is 1.92 bits per heavy atom. The first kappa shape index (κ1) is 16.3. The first-order chi connectivity index (χ1) is 12.2. The van der Waals surface area contributed by atoms with Crippen LogP contribution < -0.4 is 0 Å². The minimum Gasteiger partial charge on any atom is -0.388 e. The fraction of sp³-hybridized carbons (Fsp3) is 0.381. The van der Waals surface area contributed by atoms with Crippen LogP contribution in [0.15, 0.2) is 54.9 Å². The first-order valence-electron chi connectivity index (χ1n) is 9.08. The lowest BCUT2D eigenvalue weighted by molar-refractivity contribution is 0.0564. The molecule has 0 bridgehead atoms. The van der Waals surface area contributed by atoms with Gasteiger partial charge in [0.05, 0.1) is 18.0 Å². The maximum Gasteiger partial charge on any atom is 0.137 e. The smallest absolute Gasteiger partial charge is 0.137 e. The van der Waals surface area contributed by atoms with Gasteiger partial charge in [0.25, 0.3) is 0 Å². The maximum absolute atomic E-state index is 10.6. The molecule has 3 heterocycles. The number of aliphatic hydroxyl groups excluding tert-OH is 1. The lowest BCUT2D eigenvalue weighted by Gasteiger charge is -2.34. The third-order valence-corrected chi connectivity index (χ3v) is 5.35. The standard InChI is InChI=1S/C21H25N3O/c1-16-7-12-24-19(14-22-20(24)13-16)15-23-10-8-18(9-11-23)21(25)17-5-3-2-4-6-17/h2-7,12-14,18,21,25H,8-11,15H2,1H3. The molecule has 0 aliphatic carbocycles. The Kier molecular flexibility index (Phi) is 4.55. The normalized spacial score (nSPS) is 17.8. The number of piperidine rings is 1. The van der Waals surface area contributed by atoms with E-state index < -0.39 is 0 Å². The molecule has 0 spiro atoms. The highest BCUT2D eigenvalue weighted by Gasteiger charge is 2.26. The largest absolute Gasteiger partial charge is 0.388 e. The Hall–Kier alpha value is -2.17. The van der Waals surface area contributed by atoms with Gasteiger partial charge in [0, 0.05) is 12.7 Å². The highest BCUT2D eigenvalue weighted by molar-refractivity contribution is 5.42. The predicted octanol–water partition coefficient (Wildman–Crippen LogP) is 3.59. The average Bonchev–Trinajstić information content (AvgIpc) is 3.04. The van der Waals surface area contributed by atoms with E-state index in [9.17, 15) is 5.11 Å². The Morgan fingerprint density at radius 1 is 1.16 bits per heavy atom. The molecule has 4 heteroatoms. The van der Waals surface area contributed by atoms with Crippen LogP contribution in [0.4, 0.5) is 0 Å². The van der Waals surface area contributed by atoms with Gasteiger partial charge in [-0.1, -0.05) is 30.3 Å². The van der Waals surface area contributed by atoms with E-state index in [-0.39, 0.29) is 6.10 Å². The van der Waals surface area contributed by atoms with E-state index in [1.54, 1.807) is 0 Å². The minimum atomic E-state index is -0.345. The average molecular weight is 335 g/mol. The van der Waals surface area contributed by atoms with Crippen LogP contribution in [0, 0.1) is 12.8 Å². The van der Waals surface area contributed by atoms with Gasteiger partial charge in [-0.3, -0.25) is 4.90 Å². The number of hydrogen-bond acceptors (Lipinski definition) is 3. The molecule has 1 fully saturated rings. The zero-order valence-electron chi connectivity index (χ0n) is 14.7. The molecule has 4 nitrogen and oxygen atoms in total. The molecule has 0 radical (unpaired) electrons. The van der Waals surface area contributed by atoms with Crippen molar-refractivity contribution >= 4 is 5.65 Å². The van der Waals surface area contributed by atoms with Gasteiger partial charge in [0.1, 0.15) is 5.65 Å². The SMILES string of the molecule is Cc1ccn2c(CN3CCC(C(O)c4ccccc4)CC3)cnc2c1. The Balaban J connectivity index is 1.38. The Labute approximate surface area is 148 Å². The summed E-state index contributed by atoms with van der Waals surface area (Å²) in [6.07, 6.45) is 5.82. The molecule has 0 amide bonds. The molecular weight excluding hydrogens is 310 g/mol. The summed E-state index contributed by atoms with van der Waals surface area (Å²) in [6, 6.07) is 14.3. The highest BCUT2D eigenvalue weighted by atomic mass is 16.3. The van der Waals surface area contributed by atoms with Gasteiger partial charge in [-0.05, 0) is 62.0 Å². The van der Waals surface area contributed by atoms with Crippen molar-refractivity contribution in [2.24, 2.45) is 5.92 Å². The fourth-order valence-electron chi connectivity index (χ4n) is 3.83. The second-order valence-corrected chi connectivity index (χ2v) is 7.15. The number of likely N-dealkylation sites (tertiary alicyclic amines) is 1. The van der Waals surface area contributed by atoms with E-state index in [1.165, 1.54) is 11.3 Å². The molecule has 1 N–H and O–H groups in total. The van der Waals surface area contributed by atoms with Crippen LogP contribution in [-0.2, 0) is 6.54 Å². The van der Waals surface area contributed by atoms with E-state index in [4.69, 9.17) is 0 Å². The van der Waals surface area contributed by atoms with Crippen LogP contribution in [0.3, 0.4) is 0 Å². The van der Waals surface area contributed by atoms with Crippen LogP contribution in [0.2, 0.25) is 0 Å². The van der Waals surface area contributed by atoms with E-state index in [0.29, 0.717) is 5.92 Å². The summed E-state index contributed by atoms with van der Waals surface area (Å²) < 4.78 is 2.18. The number of pyridine rings is 1. The molecule has 4 rings (SSSR count). The molecule has 1 aliphatic heterocycles. The quantitative estimate of drug-likeness (QED) is 0.792. The van der Waals surface area contributed by atoms with Crippen molar-refractivity contribution < 1.29 is 5.11 Å². The molecule has 1 saturated heterocycles. The predicted molar refractivity (Wildman–Crippen MR) is 99.3 cm³/mol. The van der Waals surface area contributed by atoms with Gasteiger partial charge >= 0.3 is 0 Å². The summed E-state index contributed by atoms with van der Waals surface area (Å²) >= 11 is 0. The van der Waals surface area contributed by atoms with Crippen molar-refractivity contribution in [3.63, 3.8) is 0 Å². The highest BCUT2D eigenvalue weighted by Crippen LogP contribution is 2.31. The topological polar surface area (TPSA) is 40.8 Å². The van der Waals surface area contributed by atoms with Crippen LogP contribution in [0.25, 0.3) is 5.65 Å². The minimum absolute atomic E-state index is 0.345. The van der Waals surface area contributed by atoms with Gasteiger partial charge in [-0.15, -0.1) is 0 Å². The Morgan fingerprint density at radius 3 is 2.68 bits per heavy atom. The number of imidazole rings is 1. The monoisotopic (exact) mass is 335 g/mol. The summed E-state index contributed by atoms with van der Waals surface area (Å²) in [5.41, 5.74) is 4.53. The van der Waals surface area contributed by atoms with Crippen LogP contribution in [-0.4, -0.2) is 32.5 Å². The van der Waals surface area contributed by atoms with Gasteiger partial charge in [0.2, 0.25) is 0 Å². The molecule has 25 heavy (non-hydrogen) atoms. The lowest BCUT2D eigenvalue weighted by atomic mass is 9.87. The molecular formula is C21H25N3O. The first-order valence-corrected chi connectivity index (χ1v) is 9.08. The van der Waals surface area contributed by atoms with Crippen molar-refractivity contribution in [1.29, 1.82) is 0 Å². The van der Waals surface area contributed by atoms with Crippen molar-refractivity contribution in [2.45, 2.75) is 32.4 Å². The van der Waals surface area contributed by atoms with Crippen molar-refractivity contribution in [2.75, 3.05) is 13.1 Å². The second-order valence-electron chi connectivity index (χ2n) is 7.15. The molecule has 1 unspecified atom stereocenters. The number of benzene rings is 1. The zero-order valence-corrected chi connectivity index (χ0v) is 14.7. The van der Waals surface area contributed by atoms with Crippen LogP contribution >= 0.6 is 0 Å². The summed E-state index contributed by atoms with van der Waals surface area (Å²) in [7, 11) is 0. The third kappa shape index (κ3) is 3.46. The summed E-state index contributed by atoms with van der Waals surface area (Å²) in [6.45, 7) is 5.05. The molecule has 1 aliphatic rings. The summed E-state index contributed by atoms with van der Waals surface area (Å²) in [5.74, 6) is 0.350. The van der Waals surface area contributed by atoms with Crippen LogP contribution in [0.1, 0.15) is 35.8 Å². The van der Waals surface area contributed by atoms with E-state index in [1.807, 2.05) is 36.5 Å². The molecule has 3 aromatic rings. The zero-order chi connectivity index (χ0) is 17.2. The molecule has 2 aromatic heterocycles. The van der Waals surface area contributed by atoms with Crippen molar-refractivity contribution in [1.82, 2.24) is 14.3 Å². The summed E-state index contributed by atoms with van der Waals surface area (Å²) in [4.78, 5) is 6.99. The maximum atomic E-state index is 10.6. The van der Waals surface area contributed by atoms with Gasteiger partial charge < -0.3 is 9.51 Å². The number of aliphatic hydroxyl groups is 1. The van der Waals surface area contributed by atoms with E-state index in [0.717, 1.165) is 43.7 Å². The number of nitrogens with zero attached hydrogens (tertiary/aromatic N) is 3. The number of rotatable bonds is 4. The molecule has 1 aromatic carbocycles. The molecule has 130 valence electrons. The van der Waals surface area contributed by atoms with E-state index >= 15 is 0 Å². The second kappa shape index (κ2) is 6.98. The van der Waals surface area contributed by atoms with Crippen LogP contribution in [0.5, 0.6) is 0 Å². The molecule has 1 atom stereocenters. The fourth-order valence-corrected chi connectivity index (χ4v) is 3.83. The van der Waals surface area contributed by atoms with Crippen molar-refractivity contribution in [3.8, 4) is 0 Å². The van der Waals surface area contributed by atoms with E-state index in [2.05, 4.69) is 39.5 Å². The summed E-state index contributed by atoms with van der Waals surface area (Å²) in [5, 5.41) is 10.6. The lowest BCUT2D eigenvalue weighted by Crippen LogP contribution is -2.35. The number of hydrogen-bond donors (Lipinski definition) is 1. The van der Waals surface area contributed by atoms with Gasteiger partial charge in [-0.25, -0.2) is 4.98 Å². The van der Waals surface area contributed by atoms with Crippen molar-refractivity contribution in [3.05, 3.63) is 71.7 Å². The number of aromatic nitrogens is 2. The Bertz CT molecular complexity index is 835. The van der Waals surface area contributed by atoms with Gasteiger partial charge in [0.15, 0.2) is 0 Å². The number of aryl methyl sites for hydroxylation is 1. The molecule has 0 saturated carbocycles. The number of fused-ring (bicyclic) bond motifs is 1. The third-order valence-electron chi connectivity index (χ3n) is 5.35.